The average Bonchev–Trinajstić information content (AvgIpc) is 2.67. The number of nitrogens with zero attached hydrogens (tertiary/aromatic N) is 2. The molecule has 0 amide bonds. The summed E-state index contributed by atoms with van der Waals surface area (Å²) in [7, 11) is 0. The fraction of sp³-hybridized carbons (Fsp3) is 0.273. The third-order valence-corrected chi connectivity index (χ3v) is 4.02. The molecule has 0 aliphatic heterocycles. The zero-order valence-corrected chi connectivity index (χ0v) is 11.9. The maximum absolute atomic E-state index is 5.82. The number of hydrogen-bond acceptors (Lipinski definition) is 5. The Morgan fingerprint density at radius 2 is 2.18 bits per heavy atom. The second-order valence-corrected chi connectivity index (χ2v) is 5.52. The van der Waals surface area contributed by atoms with Crippen molar-refractivity contribution in [2.24, 2.45) is 5.73 Å². The van der Waals surface area contributed by atoms with Gasteiger partial charge in [-0.2, -0.15) is 0 Å². The molecule has 6 heteroatoms. The van der Waals surface area contributed by atoms with Gasteiger partial charge in [-0.05, 0) is 52.3 Å². The molecule has 0 spiro atoms. The lowest BCUT2D eigenvalue weighted by Crippen LogP contribution is -2.04. The van der Waals surface area contributed by atoms with E-state index in [1.165, 1.54) is 11.8 Å². The lowest BCUT2D eigenvalue weighted by Gasteiger charge is -2.08. The van der Waals surface area contributed by atoms with Crippen LogP contribution >= 0.6 is 27.7 Å². The molecule has 1 aromatic carbocycles. The van der Waals surface area contributed by atoms with Crippen LogP contribution in [0, 0.1) is 6.92 Å². The Labute approximate surface area is 112 Å². The van der Waals surface area contributed by atoms with Gasteiger partial charge in [-0.15, -0.1) is 10.2 Å². The molecular formula is C11H12BrN3OS. The Hall–Kier alpha value is -0.850. The molecule has 0 bridgehead atoms. The molecular weight excluding hydrogens is 302 g/mol. The van der Waals surface area contributed by atoms with Crippen LogP contribution in [0.15, 0.2) is 37.2 Å². The van der Waals surface area contributed by atoms with E-state index >= 15 is 0 Å². The van der Waals surface area contributed by atoms with Gasteiger partial charge in [0.05, 0.1) is 0 Å². The first-order chi connectivity index (χ1) is 8.06. The summed E-state index contributed by atoms with van der Waals surface area (Å²) in [5.41, 5.74) is 6.91. The molecule has 17 heavy (non-hydrogen) atoms. The number of aryl methyl sites for hydroxylation is 1. The molecule has 1 aromatic heterocycles. The predicted molar refractivity (Wildman–Crippen MR) is 69.9 cm³/mol. The average molecular weight is 314 g/mol. The molecule has 0 aliphatic rings. The van der Waals surface area contributed by atoms with Crippen molar-refractivity contribution < 1.29 is 4.42 Å². The molecule has 2 rings (SSSR count). The van der Waals surface area contributed by atoms with Crippen LogP contribution in [-0.2, 0) is 0 Å². The minimum atomic E-state index is 0.0241. The van der Waals surface area contributed by atoms with Crippen LogP contribution in [0.25, 0.3) is 0 Å². The maximum Gasteiger partial charge on any atom is 0.281 e. The van der Waals surface area contributed by atoms with Gasteiger partial charge in [-0.1, -0.05) is 6.07 Å². The van der Waals surface area contributed by atoms with Crippen molar-refractivity contribution in [1.82, 2.24) is 10.2 Å². The van der Waals surface area contributed by atoms with Gasteiger partial charge in [0.15, 0.2) is 0 Å². The van der Waals surface area contributed by atoms with E-state index in [1.807, 2.05) is 25.1 Å². The highest BCUT2D eigenvalue weighted by molar-refractivity contribution is 9.10. The second-order valence-electron chi connectivity index (χ2n) is 3.67. The van der Waals surface area contributed by atoms with Crippen molar-refractivity contribution in [3.05, 3.63) is 34.1 Å². The number of rotatable bonds is 3. The molecule has 90 valence electrons. The molecule has 4 nitrogen and oxygen atoms in total. The number of halogens is 1. The SMILES string of the molecule is Cc1nnc(Sc2ccc([C@H](C)N)cc2Br)o1. The van der Waals surface area contributed by atoms with E-state index in [0.717, 1.165) is 14.9 Å². The van der Waals surface area contributed by atoms with Gasteiger partial charge >= 0.3 is 0 Å². The maximum atomic E-state index is 5.82. The van der Waals surface area contributed by atoms with Gasteiger partial charge in [-0.25, -0.2) is 0 Å². The second kappa shape index (κ2) is 5.20. The summed E-state index contributed by atoms with van der Waals surface area (Å²) < 4.78 is 6.30. The van der Waals surface area contributed by atoms with Gasteiger partial charge in [0.1, 0.15) is 0 Å². The van der Waals surface area contributed by atoms with E-state index in [1.54, 1.807) is 6.92 Å². The Morgan fingerprint density at radius 1 is 1.41 bits per heavy atom. The molecule has 2 aromatic rings. The van der Waals surface area contributed by atoms with Crippen molar-refractivity contribution in [1.29, 1.82) is 0 Å². The van der Waals surface area contributed by atoms with E-state index in [2.05, 4.69) is 26.1 Å². The van der Waals surface area contributed by atoms with Gasteiger partial charge in [0, 0.05) is 22.3 Å². The molecule has 0 saturated heterocycles. The van der Waals surface area contributed by atoms with Crippen LogP contribution in [0.4, 0.5) is 0 Å². The molecule has 1 heterocycles. The largest absolute Gasteiger partial charge is 0.416 e. The first-order valence-electron chi connectivity index (χ1n) is 5.09. The van der Waals surface area contributed by atoms with Gasteiger partial charge in [0.2, 0.25) is 5.89 Å². The fourth-order valence-corrected chi connectivity index (χ4v) is 2.66. The topological polar surface area (TPSA) is 64.9 Å². The van der Waals surface area contributed by atoms with Crippen molar-refractivity contribution in [2.75, 3.05) is 0 Å². The van der Waals surface area contributed by atoms with Gasteiger partial charge in [-0.3, -0.25) is 0 Å². The Balaban J connectivity index is 2.22. The van der Waals surface area contributed by atoms with E-state index in [-0.39, 0.29) is 6.04 Å². The number of nitrogens with two attached hydrogens (primary N) is 1. The highest BCUT2D eigenvalue weighted by Crippen LogP contribution is 2.33. The number of hydrogen-bond donors (Lipinski definition) is 1. The zero-order valence-electron chi connectivity index (χ0n) is 9.48. The molecule has 1 atom stereocenters. The predicted octanol–water partition coefficient (Wildman–Crippen LogP) is 3.31. The quantitative estimate of drug-likeness (QED) is 0.941. The van der Waals surface area contributed by atoms with E-state index in [4.69, 9.17) is 10.2 Å². The summed E-state index contributed by atoms with van der Waals surface area (Å²) in [6, 6.07) is 6.03. The lowest BCUT2D eigenvalue weighted by molar-refractivity contribution is 0.429. The molecule has 0 fully saturated rings. The Kier molecular flexibility index (Phi) is 3.86. The van der Waals surface area contributed by atoms with Crippen molar-refractivity contribution in [3.8, 4) is 0 Å². The van der Waals surface area contributed by atoms with Crippen molar-refractivity contribution in [3.63, 3.8) is 0 Å². The third kappa shape index (κ3) is 3.08. The molecule has 0 saturated carbocycles. The molecule has 0 aliphatic carbocycles. The molecule has 2 N–H and O–H groups in total. The minimum Gasteiger partial charge on any atom is -0.416 e. The Morgan fingerprint density at radius 3 is 2.71 bits per heavy atom. The monoisotopic (exact) mass is 313 g/mol. The highest BCUT2D eigenvalue weighted by atomic mass is 79.9. The van der Waals surface area contributed by atoms with Gasteiger partial charge in [0.25, 0.3) is 5.22 Å². The van der Waals surface area contributed by atoms with Crippen molar-refractivity contribution in [2.45, 2.75) is 30.0 Å². The van der Waals surface area contributed by atoms with E-state index in [9.17, 15) is 0 Å². The summed E-state index contributed by atoms with van der Waals surface area (Å²) in [4.78, 5) is 1.03. The number of aromatic nitrogens is 2. The van der Waals surface area contributed by atoms with E-state index < -0.39 is 0 Å². The fourth-order valence-electron chi connectivity index (χ4n) is 1.30. The molecule has 0 radical (unpaired) electrons. The zero-order chi connectivity index (χ0) is 12.4. The summed E-state index contributed by atoms with van der Waals surface area (Å²) in [5, 5.41) is 8.26. The Bertz CT molecular complexity index is 527. The van der Waals surface area contributed by atoms with Crippen LogP contribution in [0.2, 0.25) is 0 Å². The standard InChI is InChI=1S/C11H12BrN3OS/c1-6(13)8-3-4-10(9(12)5-8)17-11-15-14-7(2)16-11/h3-6H,13H2,1-2H3/t6-/m0/s1. The third-order valence-electron chi connectivity index (χ3n) is 2.19. The first-order valence-corrected chi connectivity index (χ1v) is 6.70. The van der Waals surface area contributed by atoms with Crippen LogP contribution in [0.3, 0.4) is 0 Å². The smallest absolute Gasteiger partial charge is 0.281 e. The summed E-state index contributed by atoms with van der Waals surface area (Å²) in [5.74, 6) is 0.566. The molecule has 0 unspecified atom stereocenters. The van der Waals surface area contributed by atoms with E-state index in [0.29, 0.717) is 11.1 Å². The van der Waals surface area contributed by atoms with Crippen LogP contribution in [0.1, 0.15) is 24.4 Å². The first kappa shape index (κ1) is 12.6. The van der Waals surface area contributed by atoms with Gasteiger partial charge < -0.3 is 10.2 Å². The lowest BCUT2D eigenvalue weighted by atomic mass is 10.1. The van der Waals surface area contributed by atoms with Crippen molar-refractivity contribution >= 4 is 27.7 Å². The van der Waals surface area contributed by atoms with Crippen LogP contribution < -0.4 is 5.73 Å². The summed E-state index contributed by atoms with van der Waals surface area (Å²) >= 11 is 4.94. The van der Waals surface area contributed by atoms with Crippen LogP contribution in [0.5, 0.6) is 0 Å². The summed E-state index contributed by atoms with van der Waals surface area (Å²) in [6.07, 6.45) is 0. The highest BCUT2D eigenvalue weighted by Gasteiger charge is 2.09. The van der Waals surface area contributed by atoms with Crippen LogP contribution in [-0.4, -0.2) is 10.2 Å². The normalized spacial score (nSPS) is 12.7. The number of benzene rings is 1. The minimum absolute atomic E-state index is 0.0241. The summed E-state index contributed by atoms with van der Waals surface area (Å²) in [6.45, 7) is 3.72.